The van der Waals surface area contributed by atoms with Crippen molar-refractivity contribution in [1.82, 2.24) is 20.0 Å². The summed E-state index contributed by atoms with van der Waals surface area (Å²) in [5.41, 5.74) is 0. The van der Waals surface area contributed by atoms with Gasteiger partial charge in [-0.05, 0) is 57.0 Å². The normalized spacial score (nSPS) is 27.3. The van der Waals surface area contributed by atoms with E-state index in [2.05, 4.69) is 22.0 Å². The molecule has 1 atom stereocenters. The summed E-state index contributed by atoms with van der Waals surface area (Å²) in [5, 5.41) is 3.17. The molecule has 2 amide bonds. The highest BCUT2D eigenvalue weighted by Gasteiger charge is 2.22. The van der Waals surface area contributed by atoms with Gasteiger partial charge in [0.2, 0.25) is 0 Å². The van der Waals surface area contributed by atoms with Crippen LogP contribution in [-0.2, 0) is 0 Å². The van der Waals surface area contributed by atoms with Gasteiger partial charge in [-0.1, -0.05) is 26.2 Å². The third-order valence-corrected chi connectivity index (χ3v) is 6.56. The van der Waals surface area contributed by atoms with Crippen LogP contribution in [0.25, 0.3) is 0 Å². The number of carbonyl (C=O) groups excluding carboxylic acids is 1. The Morgan fingerprint density at radius 3 is 2.50 bits per heavy atom. The van der Waals surface area contributed by atoms with Gasteiger partial charge in [0.15, 0.2) is 0 Å². The van der Waals surface area contributed by atoms with Crippen LogP contribution < -0.4 is 5.32 Å². The minimum absolute atomic E-state index is 0.148. The number of urea groups is 1. The van der Waals surface area contributed by atoms with E-state index in [9.17, 15) is 4.79 Å². The van der Waals surface area contributed by atoms with Crippen molar-refractivity contribution in [3.63, 3.8) is 0 Å². The molecule has 0 spiro atoms. The summed E-state index contributed by atoms with van der Waals surface area (Å²) in [4.78, 5) is 19.7. The van der Waals surface area contributed by atoms with Crippen LogP contribution in [-0.4, -0.2) is 79.6 Å². The van der Waals surface area contributed by atoms with Crippen LogP contribution in [0.4, 0.5) is 4.79 Å². The van der Waals surface area contributed by atoms with Crippen LogP contribution in [0.1, 0.15) is 58.3 Å². The Balaban J connectivity index is 1.33. The molecule has 26 heavy (non-hydrogen) atoms. The lowest BCUT2D eigenvalue weighted by Gasteiger charge is -2.31. The van der Waals surface area contributed by atoms with E-state index in [1.54, 1.807) is 0 Å². The quantitative estimate of drug-likeness (QED) is 0.815. The lowest BCUT2D eigenvalue weighted by Crippen LogP contribution is -2.45. The Bertz CT molecular complexity index is 424. The lowest BCUT2D eigenvalue weighted by molar-refractivity contribution is 0.175. The highest BCUT2D eigenvalue weighted by atomic mass is 16.2. The zero-order valence-corrected chi connectivity index (χ0v) is 16.9. The predicted octanol–water partition coefficient (Wildman–Crippen LogP) is 3.02. The maximum absolute atomic E-state index is 12.5. The van der Waals surface area contributed by atoms with Gasteiger partial charge in [-0.3, -0.25) is 0 Å². The molecule has 0 aromatic rings. The molecule has 5 heteroatoms. The second kappa shape index (κ2) is 10.5. The molecule has 5 nitrogen and oxygen atoms in total. The van der Waals surface area contributed by atoms with E-state index in [4.69, 9.17) is 0 Å². The monoisotopic (exact) mass is 364 g/mol. The standard InChI is InChI=1S/C21H40N4O/c1-19-7-5-11-23(17-19)14-10-22-21(26)25-13-6-12-24(15-16-25)18-20-8-3-2-4-9-20/h19-20H,2-18H2,1H3,(H,22,26). The first-order valence-corrected chi connectivity index (χ1v) is 11.2. The van der Waals surface area contributed by atoms with Crippen molar-refractivity contribution in [3.05, 3.63) is 0 Å². The molecular weight excluding hydrogens is 324 g/mol. The molecule has 3 aliphatic rings. The van der Waals surface area contributed by atoms with Gasteiger partial charge in [0.1, 0.15) is 0 Å². The Kier molecular flexibility index (Phi) is 8.06. The third-order valence-electron chi connectivity index (χ3n) is 6.56. The molecule has 0 aromatic carbocycles. The number of carbonyl (C=O) groups is 1. The maximum Gasteiger partial charge on any atom is 0.317 e. The van der Waals surface area contributed by atoms with Gasteiger partial charge in [0, 0.05) is 45.8 Å². The lowest BCUT2D eigenvalue weighted by atomic mass is 9.89. The third kappa shape index (κ3) is 6.41. The summed E-state index contributed by atoms with van der Waals surface area (Å²) >= 11 is 0. The van der Waals surface area contributed by atoms with E-state index >= 15 is 0 Å². The average Bonchev–Trinajstić information content (AvgIpc) is 2.88. The minimum Gasteiger partial charge on any atom is -0.337 e. The Labute approximate surface area is 160 Å². The Hall–Kier alpha value is -0.810. The van der Waals surface area contributed by atoms with Crippen LogP contribution >= 0.6 is 0 Å². The summed E-state index contributed by atoms with van der Waals surface area (Å²) < 4.78 is 0. The molecule has 2 aliphatic heterocycles. The molecule has 0 aromatic heterocycles. The number of piperidine rings is 1. The number of nitrogens with one attached hydrogen (secondary N) is 1. The first-order chi connectivity index (χ1) is 12.7. The van der Waals surface area contributed by atoms with Crippen LogP contribution in [0, 0.1) is 11.8 Å². The largest absolute Gasteiger partial charge is 0.337 e. The Morgan fingerprint density at radius 2 is 1.69 bits per heavy atom. The molecule has 0 bridgehead atoms. The molecule has 3 fully saturated rings. The number of hydrogen-bond donors (Lipinski definition) is 1. The summed E-state index contributed by atoms with van der Waals surface area (Å²) in [6.07, 6.45) is 10.9. The highest BCUT2D eigenvalue weighted by Crippen LogP contribution is 2.24. The van der Waals surface area contributed by atoms with Crippen LogP contribution in [0.3, 0.4) is 0 Å². The van der Waals surface area contributed by atoms with Crippen molar-refractivity contribution in [2.24, 2.45) is 11.8 Å². The van der Waals surface area contributed by atoms with Gasteiger partial charge in [-0.2, -0.15) is 0 Å². The SMILES string of the molecule is CC1CCCN(CCNC(=O)N2CCCN(CC3CCCCC3)CC2)C1. The van der Waals surface area contributed by atoms with E-state index < -0.39 is 0 Å². The minimum atomic E-state index is 0.148. The number of likely N-dealkylation sites (tertiary alicyclic amines) is 1. The van der Waals surface area contributed by atoms with Crippen molar-refractivity contribution >= 4 is 6.03 Å². The van der Waals surface area contributed by atoms with Crippen molar-refractivity contribution in [2.75, 3.05) is 58.9 Å². The molecule has 0 radical (unpaired) electrons. The van der Waals surface area contributed by atoms with Crippen LogP contribution in [0.2, 0.25) is 0 Å². The van der Waals surface area contributed by atoms with Gasteiger partial charge in [-0.15, -0.1) is 0 Å². The Morgan fingerprint density at radius 1 is 0.885 bits per heavy atom. The summed E-state index contributed by atoms with van der Waals surface area (Å²) in [5.74, 6) is 1.70. The van der Waals surface area contributed by atoms with Crippen molar-refractivity contribution in [3.8, 4) is 0 Å². The van der Waals surface area contributed by atoms with Crippen LogP contribution in [0.5, 0.6) is 0 Å². The molecule has 2 heterocycles. The number of amides is 2. The van der Waals surface area contributed by atoms with E-state index in [0.29, 0.717) is 0 Å². The average molecular weight is 365 g/mol. The first kappa shape index (κ1) is 19.9. The van der Waals surface area contributed by atoms with Gasteiger partial charge >= 0.3 is 6.03 Å². The summed E-state index contributed by atoms with van der Waals surface area (Å²) in [6, 6.07) is 0.148. The highest BCUT2D eigenvalue weighted by molar-refractivity contribution is 5.74. The van der Waals surface area contributed by atoms with Gasteiger partial charge < -0.3 is 20.0 Å². The fourth-order valence-corrected chi connectivity index (χ4v) is 5.01. The molecule has 1 saturated carbocycles. The van der Waals surface area contributed by atoms with E-state index in [1.165, 1.54) is 64.6 Å². The molecular formula is C21H40N4O. The van der Waals surface area contributed by atoms with Gasteiger partial charge in [-0.25, -0.2) is 4.79 Å². The molecule has 3 rings (SSSR count). The van der Waals surface area contributed by atoms with Crippen LogP contribution in [0.15, 0.2) is 0 Å². The summed E-state index contributed by atoms with van der Waals surface area (Å²) in [7, 11) is 0. The van der Waals surface area contributed by atoms with E-state index in [0.717, 1.165) is 57.5 Å². The van der Waals surface area contributed by atoms with Crippen molar-refractivity contribution in [2.45, 2.75) is 58.3 Å². The number of nitrogens with zero attached hydrogens (tertiary/aromatic N) is 3. The zero-order chi connectivity index (χ0) is 18.2. The molecule has 1 aliphatic carbocycles. The van der Waals surface area contributed by atoms with E-state index in [1.807, 2.05) is 4.90 Å². The van der Waals surface area contributed by atoms with Crippen molar-refractivity contribution < 1.29 is 4.79 Å². The van der Waals surface area contributed by atoms with Gasteiger partial charge in [0.25, 0.3) is 0 Å². The zero-order valence-electron chi connectivity index (χ0n) is 16.9. The van der Waals surface area contributed by atoms with Gasteiger partial charge in [0.05, 0.1) is 0 Å². The predicted molar refractivity (Wildman–Crippen MR) is 107 cm³/mol. The first-order valence-electron chi connectivity index (χ1n) is 11.2. The smallest absolute Gasteiger partial charge is 0.317 e. The molecule has 2 saturated heterocycles. The second-order valence-corrected chi connectivity index (χ2v) is 8.93. The molecule has 1 N–H and O–H groups in total. The van der Waals surface area contributed by atoms with Crippen molar-refractivity contribution in [1.29, 1.82) is 0 Å². The molecule has 150 valence electrons. The van der Waals surface area contributed by atoms with E-state index in [-0.39, 0.29) is 6.03 Å². The fourth-order valence-electron chi connectivity index (χ4n) is 5.01. The molecule has 1 unspecified atom stereocenters. The number of hydrogen-bond acceptors (Lipinski definition) is 3. The topological polar surface area (TPSA) is 38.8 Å². The fraction of sp³-hybridized carbons (Fsp3) is 0.952. The number of rotatable bonds is 5. The summed E-state index contributed by atoms with van der Waals surface area (Å²) in [6.45, 7) is 11.8. The second-order valence-electron chi connectivity index (χ2n) is 8.93. The maximum atomic E-state index is 12.5.